The monoisotopic (exact) mass is 268 g/mol. The normalized spacial score (nSPS) is 22.9. The van der Waals surface area contributed by atoms with E-state index in [-0.39, 0.29) is 11.2 Å². The van der Waals surface area contributed by atoms with E-state index in [9.17, 15) is 4.79 Å². The second-order valence-corrected chi connectivity index (χ2v) is 6.03. The summed E-state index contributed by atoms with van der Waals surface area (Å²) in [6, 6.07) is 1.79. The van der Waals surface area contributed by atoms with Crippen LogP contribution in [0, 0.1) is 0 Å². The predicted molar refractivity (Wildman–Crippen MR) is 68.4 cm³/mol. The van der Waals surface area contributed by atoms with Crippen LogP contribution >= 0.6 is 23.4 Å². The molecule has 3 nitrogen and oxygen atoms in total. The van der Waals surface area contributed by atoms with Crippen LogP contribution in [0.3, 0.4) is 0 Å². The van der Waals surface area contributed by atoms with E-state index in [1.54, 1.807) is 24.0 Å². The van der Waals surface area contributed by atoms with E-state index >= 15 is 0 Å². The van der Waals surface area contributed by atoms with Gasteiger partial charge in [-0.25, -0.2) is 0 Å². The summed E-state index contributed by atoms with van der Waals surface area (Å²) in [5, 5.41) is 0.701. The van der Waals surface area contributed by atoms with Crippen LogP contribution in [-0.2, 0) is 11.2 Å². The number of rotatable bonds is 1. The standard InChI is InChI=1S/C12H13ClN2OS/c13-8-3-4-14-9-7-10(17-11(8)9)12(16)15-5-1-2-6-15/h3-4,10H,1-2,5-7H2. The number of pyridine rings is 1. The van der Waals surface area contributed by atoms with Crippen LogP contribution in [0.4, 0.5) is 0 Å². The molecule has 0 spiro atoms. The molecule has 1 aromatic heterocycles. The SMILES string of the molecule is O=C(C1Cc2nccc(Cl)c2S1)N1CCCC1. The molecule has 0 saturated carbocycles. The minimum Gasteiger partial charge on any atom is -0.342 e. The first-order chi connectivity index (χ1) is 8.25. The Labute approximate surface area is 110 Å². The molecule has 1 amide bonds. The minimum atomic E-state index is -0.0181. The Morgan fingerprint density at radius 3 is 2.94 bits per heavy atom. The zero-order valence-corrected chi connectivity index (χ0v) is 10.9. The third kappa shape index (κ3) is 2.04. The highest BCUT2D eigenvalue weighted by Gasteiger charge is 2.34. The lowest BCUT2D eigenvalue weighted by Crippen LogP contribution is -2.35. The molecule has 3 rings (SSSR count). The van der Waals surface area contributed by atoms with Gasteiger partial charge in [-0.05, 0) is 18.9 Å². The third-order valence-corrected chi connectivity index (χ3v) is 5.03. The van der Waals surface area contributed by atoms with Crippen molar-refractivity contribution in [3.05, 3.63) is 23.0 Å². The number of carbonyl (C=O) groups excluding carboxylic acids is 1. The first kappa shape index (κ1) is 11.4. The minimum absolute atomic E-state index is 0.0181. The van der Waals surface area contributed by atoms with Gasteiger partial charge in [0.05, 0.1) is 16.0 Å². The van der Waals surface area contributed by atoms with Gasteiger partial charge in [-0.3, -0.25) is 9.78 Å². The Morgan fingerprint density at radius 2 is 2.24 bits per heavy atom. The maximum absolute atomic E-state index is 12.3. The van der Waals surface area contributed by atoms with Crippen LogP contribution in [0.5, 0.6) is 0 Å². The van der Waals surface area contributed by atoms with Gasteiger partial charge in [-0.2, -0.15) is 0 Å². The Hall–Kier alpha value is -0.740. The average Bonchev–Trinajstić information content (AvgIpc) is 2.98. The van der Waals surface area contributed by atoms with Crippen LogP contribution in [0.25, 0.3) is 0 Å². The van der Waals surface area contributed by atoms with Gasteiger partial charge >= 0.3 is 0 Å². The van der Waals surface area contributed by atoms with Crippen molar-refractivity contribution in [1.29, 1.82) is 0 Å². The molecule has 2 aliphatic heterocycles. The van der Waals surface area contributed by atoms with Gasteiger partial charge in [0.15, 0.2) is 0 Å². The summed E-state index contributed by atoms with van der Waals surface area (Å²) in [7, 11) is 0. The second kappa shape index (κ2) is 4.50. The van der Waals surface area contributed by atoms with E-state index < -0.39 is 0 Å². The van der Waals surface area contributed by atoms with Crippen molar-refractivity contribution < 1.29 is 4.79 Å². The molecule has 90 valence electrons. The molecule has 1 unspecified atom stereocenters. The topological polar surface area (TPSA) is 33.2 Å². The Morgan fingerprint density at radius 1 is 1.47 bits per heavy atom. The Kier molecular flexibility index (Phi) is 3.01. The van der Waals surface area contributed by atoms with E-state index in [0.29, 0.717) is 0 Å². The molecule has 3 heterocycles. The molecule has 5 heteroatoms. The summed E-state index contributed by atoms with van der Waals surface area (Å²) in [6.45, 7) is 1.82. The van der Waals surface area contributed by atoms with Crippen molar-refractivity contribution in [1.82, 2.24) is 9.88 Å². The molecule has 1 atom stereocenters. The molecule has 17 heavy (non-hydrogen) atoms. The highest BCUT2D eigenvalue weighted by molar-refractivity contribution is 8.01. The van der Waals surface area contributed by atoms with Crippen molar-refractivity contribution in [2.45, 2.75) is 29.4 Å². The van der Waals surface area contributed by atoms with Crippen molar-refractivity contribution in [3.63, 3.8) is 0 Å². The van der Waals surface area contributed by atoms with E-state index in [0.717, 1.165) is 48.0 Å². The number of fused-ring (bicyclic) bond motifs is 1. The summed E-state index contributed by atoms with van der Waals surface area (Å²) < 4.78 is 0. The van der Waals surface area contributed by atoms with E-state index in [2.05, 4.69) is 4.98 Å². The van der Waals surface area contributed by atoms with E-state index in [4.69, 9.17) is 11.6 Å². The van der Waals surface area contributed by atoms with E-state index in [1.807, 2.05) is 4.90 Å². The third-order valence-electron chi connectivity index (χ3n) is 3.26. The number of likely N-dealkylation sites (tertiary alicyclic amines) is 1. The molecule has 0 aliphatic carbocycles. The number of aromatic nitrogens is 1. The van der Waals surface area contributed by atoms with Crippen LogP contribution in [-0.4, -0.2) is 34.1 Å². The van der Waals surface area contributed by atoms with Crippen LogP contribution in [0.2, 0.25) is 5.02 Å². The summed E-state index contributed by atoms with van der Waals surface area (Å²) >= 11 is 7.69. The fraction of sp³-hybridized carbons (Fsp3) is 0.500. The number of amides is 1. The smallest absolute Gasteiger partial charge is 0.236 e. The summed E-state index contributed by atoms with van der Waals surface area (Å²) in [5.41, 5.74) is 0.972. The molecule has 2 aliphatic rings. The summed E-state index contributed by atoms with van der Waals surface area (Å²) in [6.07, 6.45) is 4.70. The number of hydrogen-bond acceptors (Lipinski definition) is 3. The largest absolute Gasteiger partial charge is 0.342 e. The number of hydrogen-bond donors (Lipinski definition) is 0. The first-order valence-corrected chi connectivity index (χ1v) is 7.10. The Balaban J connectivity index is 1.77. The maximum Gasteiger partial charge on any atom is 0.236 e. The van der Waals surface area contributed by atoms with Crippen LogP contribution < -0.4 is 0 Å². The van der Waals surface area contributed by atoms with Gasteiger partial charge in [-0.1, -0.05) is 11.6 Å². The van der Waals surface area contributed by atoms with Crippen molar-refractivity contribution >= 4 is 29.3 Å². The zero-order valence-electron chi connectivity index (χ0n) is 9.36. The molecule has 1 fully saturated rings. The fourth-order valence-electron chi connectivity index (χ4n) is 2.37. The van der Waals surface area contributed by atoms with Gasteiger partial charge in [0, 0.05) is 30.6 Å². The van der Waals surface area contributed by atoms with Crippen molar-refractivity contribution in [2.75, 3.05) is 13.1 Å². The average molecular weight is 269 g/mol. The van der Waals surface area contributed by atoms with Gasteiger partial charge < -0.3 is 4.90 Å². The van der Waals surface area contributed by atoms with E-state index in [1.165, 1.54) is 0 Å². The van der Waals surface area contributed by atoms with Crippen molar-refractivity contribution in [2.24, 2.45) is 0 Å². The number of carbonyl (C=O) groups is 1. The van der Waals surface area contributed by atoms with Gasteiger partial charge in [0.1, 0.15) is 0 Å². The van der Waals surface area contributed by atoms with Gasteiger partial charge in [0.2, 0.25) is 5.91 Å². The number of halogens is 1. The highest BCUT2D eigenvalue weighted by Crippen LogP contribution is 2.41. The first-order valence-electron chi connectivity index (χ1n) is 5.84. The highest BCUT2D eigenvalue weighted by atomic mass is 35.5. The predicted octanol–water partition coefficient (Wildman–Crippen LogP) is 2.37. The summed E-state index contributed by atoms with van der Waals surface area (Å²) in [5.74, 6) is 0.251. The van der Waals surface area contributed by atoms with Crippen LogP contribution in [0.1, 0.15) is 18.5 Å². The Bertz CT molecular complexity index is 460. The maximum atomic E-state index is 12.3. The number of thioether (sulfide) groups is 1. The molecule has 1 saturated heterocycles. The molecule has 0 radical (unpaired) electrons. The molecule has 0 aromatic carbocycles. The summed E-state index contributed by atoms with van der Waals surface area (Å²) in [4.78, 5) is 19.5. The fourth-order valence-corrected chi connectivity index (χ4v) is 3.90. The molecular formula is C12H13ClN2OS. The van der Waals surface area contributed by atoms with Crippen molar-refractivity contribution in [3.8, 4) is 0 Å². The lowest BCUT2D eigenvalue weighted by molar-refractivity contribution is -0.129. The zero-order chi connectivity index (χ0) is 11.8. The molecule has 0 N–H and O–H groups in total. The molecular weight excluding hydrogens is 256 g/mol. The number of nitrogens with zero attached hydrogens (tertiary/aromatic N) is 2. The van der Waals surface area contributed by atoms with Gasteiger partial charge in [-0.15, -0.1) is 11.8 Å². The quantitative estimate of drug-likeness (QED) is 0.784. The molecule has 0 bridgehead atoms. The van der Waals surface area contributed by atoms with Gasteiger partial charge in [0.25, 0.3) is 0 Å². The second-order valence-electron chi connectivity index (χ2n) is 4.41. The van der Waals surface area contributed by atoms with Crippen LogP contribution in [0.15, 0.2) is 17.2 Å². The lowest BCUT2D eigenvalue weighted by atomic mass is 10.2. The molecule has 1 aromatic rings. The lowest BCUT2D eigenvalue weighted by Gasteiger charge is -2.18.